The van der Waals surface area contributed by atoms with Crippen LogP contribution in [-0.4, -0.2) is 34.4 Å². The molecule has 1 atom stereocenters. The molecule has 4 rings (SSSR count). The van der Waals surface area contributed by atoms with Crippen LogP contribution >= 0.6 is 11.6 Å². The molecule has 158 valence electrons. The molecular weight excluding hydrogens is 412 g/mol. The minimum absolute atomic E-state index is 0.143. The molecule has 1 saturated heterocycles. The quantitative estimate of drug-likeness (QED) is 0.615. The summed E-state index contributed by atoms with van der Waals surface area (Å²) >= 11 is 5.90. The summed E-state index contributed by atoms with van der Waals surface area (Å²) in [4.78, 5) is 27.7. The molecule has 5 nitrogen and oxygen atoms in total. The Labute approximate surface area is 186 Å². The number of hydrogen-bond donors (Lipinski definition) is 2. The van der Waals surface area contributed by atoms with Gasteiger partial charge < -0.3 is 15.3 Å². The smallest absolute Gasteiger partial charge is 0.254 e. The number of nitrogens with zero attached hydrogens (tertiary/aromatic N) is 1. The number of amides is 2. The van der Waals surface area contributed by atoms with E-state index in [4.69, 9.17) is 11.6 Å². The Morgan fingerprint density at radius 3 is 2.48 bits per heavy atom. The van der Waals surface area contributed by atoms with E-state index in [1.54, 1.807) is 35.2 Å². The van der Waals surface area contributed by atoms with E-state index in [1.165, 1.54) is 0 Å². The molecule has 2 amide bonds. The van der Waals surface area contributed by atoms with Crippen LogP contribution in [0.3, 0.4) is 0 Å². The molecule has 0 aliphatic carbocycles. The highest BCUT2D eigenvalue weighted by Gasteiger charge is 2.34. The van der Waals surface area contributed by atoms with Crippen molar-refractivity contribution in [1.82, 2.24) is 10.2 Å². The number of aromatic hydroxyl groups is 1. The summed E-state index contributed by atoms with van der Waals surface area (Å²) in [6.07, 6.45) is 1.44. The molecule has 1 aliphatic rings. The van der Waals surface area contributed by atoms with Crippen LogP contribution in [0, 0.1) is 0 Å². The first-order valence-electron chi connectivity index (χ1n) is 10.2. The van der Waals surface area contributed by atoms with E-state index in [-0.39, 0.29) is 17.6 Å². The number of hydrogen-bond acceptors (Lipinski definition) is 3. The molecule has 1 fully saturated rings. The molecule has 1 heterocycles. The molecule has 2 N–H and O–H groups in total. The minimum atomic E-state index is -0.475. The van der Waals surface area contributed by atoms with Crippen LogP contribution in [0.15, 0.2) is 72.8 Å². The lowest BCUT2D eigenvalue weighted by molar-refractivity contribution is -0.125. The number of carbonyl (C=O) groups is 2. The highest BCUT2D eigenvalue weighted by molar-refractivity contribution is 6.30. The molecule has 0 spiro atoms. The second kappa shape index (κ2) is 9.23. The van der Waals surface area contributed by atoms with Crippen molar-refractivity contribution in [2.45, 2.75) is 25.4 Å². The van der Waals surface area contributed by atoms with Crippen LogP contribution in [-0.2, 0) is 11.3 Å². The standard InChI is InChI=1S/C25H23ClN2O3/c26-21-10-6-17(7-11-21)16-27-24(30)23-5-2-14-28(23)25(31)20-4-1-3-19(15-20)18-8-12-22(29)13-9-18/h1,3-4,6-13,15,23,29H,2,5,14,16H2,(H,27,30). The van der Waals surface area contributed by atoms with Gasteiger partial charge in [-0.05, 0) is 65.9 Å². The van der Waals surface area contributed by atoms with Gasteiger partial charge in [0.25, 0.3) is 5.91 Å². The fraction of sp³-hybridized carbons (Fsp3) is 0.200. The number of phenolic OH excluding ortho intramolecular Hbond substituents is 1. The summed E-state index contributed by atoms with van der Waals surface area (Å²) in [5.41, 5.74) is 3.29. The zero-order valence-corrected chi connectivity index (χ0v) is 17.7. The number of phenols is 1. The van der Waals surface area contributed by atoms with E-state index in [0.717, 1.165) is 23.1 Å². The zero-order chi connectivity index (χ0) is 21.8. The number of likely N-dealkylation sites (tertiary alicyclic amines) is 1. The Balaban J connectivity index is 1.46. The van der Waals surface area contributed by atoms with Gasteiger partial charge in [0.2, 0.25) is 5.91 Å². The van der Waals surface area contributed by atoms with Gasteiger partial charge in [0.05, 0.1) is 0 Å². The van der Waals surface area contributed by atoms with E-state index < -0.39 is 6.04 Å². The number of carbonyl (C=O) groups excluding carboxylic acids is 2. The third-order valence-electron chi connectivity index (χ3n) is 5.51. The second-order valence-electron chi connectivity index (χ2n) is 7.63. The van der Waals surface area contributed by atoms with E-state index in [1.807, 2.05) is 42.5 Å². The van der Waals surface area contributed by atoms with Crippen LogP contribution < -0.4 is 5.32 Å². The molecule has 0 radical (unpaired) electrons. The van der Waals surface area contributed by atoms with Crippen molar-refractivity contribution >= 4 is 23.4 Å². The van der Waals surface area contributed by atoms with Crippen molar-refractivity contribution in [2.24, 2.45) is 0 Å². The summed E-state index contributed by atoms with van der Waals surface area (Å²) in [6, 6.07) is 21.0. The molecule has 0 bridgehead atoms. The minimum Gasteiger partial charge on any atom is -0.508 e. The lowest BCUT2D eigenvalue weighted by Crippen LogP contribution is -2.45. The van der Waals surface area contributed by atoms with Crippen LogP contribution in [0.25, 0.3) is 11.1 Å². The van der Waals surface area contributed by atoms with Crippen molar-refractivity contribution in [2.75, 3.05) is 6.54 Å². The summed E-state index contributed by atoms with van der Waals surface area (Å²) in [5.74, 6) is -0.0965. The zero-order valence-electron chi connectivity index (χ0n) is 16.9. The topological polar surface area (TPSA) is 69.6 Å². The van der Waals surface area contributed by atoms with Gasteiger partial charge in [0.1, 0.15) is 11.8 Å². The highest BCUT2D eigenvalue weighted by atomic mass is 35.5. The van der Waals surface area contributed by atoms with E-state index in [0.29, 0.717) is 30.1 Å². The first kappa shape index (κ1) is 20.9. The first-order valence-corrected chi connectivity index (χ1v) is 10.6. The second-order valence-corrected chi connectivity index (χ2v) is 8.06. The molecule has 6 heteroatoms. The predicted molar refractivity (Wildman–Crippen MR) is 121 cm³/mol. The van der Waals surface area contributed by atoms with Crippen molar-refractivity contribution < 1.29 is 14.7 Å². The van der Waals surface area contributed by atoms with E-state index in [2.05, 4.69) is 5.32 Å². The molecule has 3 aromatic rings. The summed E-state index contributed by atoms with van der Waals surface area (Å²) in [5, 5.41) is 13.1. The molecular formula is C25H23ClN2O3. The van der Waals surface area contributed by atoms with Crippen molar-refractivity contribution in [3.63, 3.8) is 0 Å². The van der Waals surface area contributed by atoms with Crippen LogP contribution in [0.1, 0.15) is 28.8 Å². The summed E-state index contributed by atoms with van der Waals surface area (Å²) in [7, 11) is 0. The predicted octanol–water partition coefficient (Wildman–Crippen LogP) is 4.63. The molecule has 0 aromatic heterocycles. The van der Waals surface area contributed by atoms with Gasteiger partial charge in [-0.25, -0.2) is 0 Å². The average molecular weight is 435 g/mol. The lowest BCUT2D eigenvalue weighted by Gasteiger charge is -2.24. The van der Waals surface area contributed by atoms with E-state index in [9.17, 15) is 14.7 Å². The van der Waals surface area contributed by atoms with Crippen LogP contribution in [0.2, 0.25) is 5.02 Å². The number of halogens is 1. The fourth-order valence-corrected chi connectivity index (χ4v) is 3.97. The summed E-state index contributed by atoms with van der Waals surface area (Å²) in [6.45, 7) is 0.951. The number of nitrogens with one attached hydrogen (secondary N) is 1. The summed E-state index contributed by atoms with van der Waals surface area (Å²) < 4.78 is 0. The van der Waals surface area contributed by atoms with Crippen molar-refractivity contribution in [3.05, 3.63) is 88.9 Å². The third-order valence-corrected chi connectivity index (χ3v) is 5.76. The monoisotopic (exact) mass is 434 g/mol. The van der Waals surface area contributed by atoms with Gasteiger partial charge >= 0.3 is 0 Å². The maximum Gasteiger partial charge on any atom is 0.254 e. The Bertz CT molecular complexity index is 1080. The number of benzene rings is 3. The molecule has 1 aliphatic heterocycles. The Kier molecular flexibility index (Phi) is 6.23. The molecule has 3 aromatic carbocycles. The van der Waals surface area contributed by atoms with Crippen LogP contribution in [0.4, 0.5) is 0 Å². The van der Waals surface area contributed by atoms with Gasteiger partial charge in [-0.1, -0.05) is 48.0 Å². The highest BCUT2D eigenvalue weighted by Crippen LogP contribution is 2.25. The number of rotatable bonds is 5. The van der Waals surface area contributed by atoms with Crippen molar-refractivity contribution in [1.29, 1.82) is 0 Å². The molecule has 31 heavy (non-hydrogen) atoms. The molecule has 1 unspecified atom stereocenters. The SMILES string of the molecule is O=C(NCc1ccc(Cl)cc1)C1CCCN1C(=O)c1cccc(-c2ccc(O)cc2)c1. The normalized spacial score (nSPS) is 15.6. The first-order chi connectivity index (χ1) is 15.0. The van der Waals surface area contributed by atoms with E-state index >= 15 is 0 Å². The maximum absolute atomic E-state index is 13.2. The third kappa shape index (κ3) is 4.89. The van der Waals surface area contributed by atoms with Gasteiger partial charge in [0.15, 0.2) is 0 Å². The van der Waals surface area contributed by atoms with Crippen molar-refractivity contribution in [3.8, 4) is 16.9 Å². The van der Waals surface area contributed by atoms with Gasteiger partial charge in [-0.3, -0.25) is 9.59 Å². The van der Waals surface area contributed by atoms with Gasteiger partial charge in [-0.2, -0.15) is 0 Å². The largest absolute Gasteiger partial charge is 0.508 e. The fourth-order valence-electron chi connectivity index (χ4n) is 3.84. The Morgan fingerprint density at radius 2 is 1.74 bits per heavy atom. The van der Waals surface area contributed by atoms with Gasteiger partial charge in [0, 0.05) is 23.7 Å². The Hall–Kier alpha value is -3.31. The van der Waals surface area contributed by atoms with Gasteiger partial charge in [-0.15, -0.1) is 0 Å². The molecule has 0 saturated carbocycles. The Morgan fingerprint density at radius 1 is 1.00 bits per heavy atom. The maximum atomic E-state index is 13.2. The lowest BCUT2D eigenvalue weighted by atomic mass is 10.0. The average Bonchev–Trinajstić information content (AvgIpc) is 3.29. The van der Waals surface area contributed by atoms with Crippen LogP contribution in [0.5, 0.6) is 5.75 Å².